The van der Waals surface area contributed by atoms with E-state index in [2.05, 4.69) is 58.8 Å². The van der Waals surface area contributed by atoms with Crippen LogP contribution in [-0.4, -0.2) is 58.8 Å². The molecule has 0 aromatic heterocycles. The summed E-state index contributed by atoms with van der Waals surface area (Å²) in [6.45, 7) is 4.73. The maximum Gasteiger partial charge on any atom is 0.190 e. The number of aliphatic imine (C=N–C) groups is 1. The van der Waals surface area contributed by atoms with Crippen molar-refractivity contribution in [1.29, 1.82) is 0 Å². The van der Waals surface area contributed by atoms with Crippen LogP contribution in [0.3, 0.4) is 0 Å². The fraction of sp³-hybridized carbons (Fsp3) is 0.435. The molecule has 2 aromatic carbocycles. The first kappa shape index (κ1) is 27.4. The summed E-state index contributed by atoms with van der Waals surface area (Å²) in [5.41, 5.74) is 2.41. The van der Waals surface area contributed by atoms with Gasteiger partial charge in [-0.3, -0.25) is 9.89 Å². The number of sulfone groups is 1. The number of rotatable bonds is 10. The van der Waals surface area contributed by atoms with Gasteiger partial charge in [0.1, 0.15) is 0 Å². The van der Waals surface area contributed by atoms with Crippen LogP contribution >= 0.6 is 24.0 Å². The van der Waals surface area contributed by atoms with E-state index >= 15 is 0 Å². The smallest absolute Gasteiger partial charge is 0.190 e. The summed E-state index contributed by atoms with van der Waals surface area (Å²) >= 11 is 0. The van der Waals surface area contributed by atoms with E-state index in [0.29, 0.717) is 10.9 Å². The fourth-order valence-corrected chi connectivity index (χ4v) is 3.73. The Morgan fingerprint density at radius 1 is 1.00 bits per heavy atom. The average molecular weight is 559 g/mol. The molecule has 0 saturated carbocycles. The van der Waals surface area contributed by atoms with Crippen LogP contribution in [-0.2, 0) is 22.8 Å². The molecule has 0 bridgehead atoms. The standard InChI is InChI=1S/C23H34N4O2S.HI/c1-19(27(3)18-21-8-6-5-7-9-21)14-16-25-23(24-2)26-17-15-20-10-12-22(13-11-20)30(4,28)29;/h5-13,19H,14-18H2,1-4H3,(H2,24,25,26);1H. The zero-order valence-electron chi connectivity index (χ0n) is 18.8. The Morgan fingerprint density at radius 2 is 1.61 bits per heavy atom. The SMILES string of the molecule is CN=C(NCCc1ccc(S(C)(=O)=O)cc1)NCCC(C)N(C)Cc1ccccc1.I. The molecule has 8 heteroatoms. The third-order valence-corrected chi connectivity index (χ3v) is 6.29. The van der Waals surface area contributed by atoms with Crippen molar-refractivity contribution in [2.75, 3.05) is 33.4 Å². The van der Waals surface area contributed by atoms with Crippen LogP contribution in [0.2, 0.25) is 0 Å². The van der Waals surface area contributed by atoms with E-state index in [1.165, 1.54) is 11.8 Å². The second-order valence-corrected chi connectivity index (χ2v) is 9.65. The third-order valence-electron chi connectivity index (χ3n) is 5.16. The highest BCUT2D eigenvalue weighted by Crippen LogP contribution is 2.10. The summed E-state index contributed by atoms with van der Waals surface area (Å²) in [5.74, 6) is 0.778. The lowest BCUT2D eigenvalue weighted by atomic mass is 10.1. The predicted octanol–water partition coefficient (Wildman–Crippen LogP) is 3.33. The summed E-state index contributed by atoms with van der Waals surface area (Å²) < 4.78 is 23.1. The molecular weight excluding hydrogens is 523 g/mol. The topological polar surface area (TPSA) is 73.8 Å². The van der Waals surface area contributed by atoms with Gasteiger partial charge in [0.2, 0.25) is 0 Å². The Morgan fingerprint density at radius 3 is 2.19 bits per heavy atom. The molecular formula is C23H35IN4O2S. The number of nitrogens with one attached hydrogen (secondary N) is 2. The minimum Gasteiger partial charge on any atom is -0.356 e. The van der Waals surface area contributed by atoms with E-state index in [1.54, 1.807) is 19.2 Å². The molecule has 0 saturated heterocycles. The minimum absolute atomic E-state index is 0. The Labute approximate surface area is 204 Å². The molecule has 6 nitrogen and oxygen atoms in total. The maximum absolute atomic E-state index is 11.5. The van der Waals surface area contributed by atoms with Gasteiger partial charge in [0.25, 0.3) is 0 Å². The monoisotopic (exact) mass is 558 g/mol. The Hall–Kier alpha value is -1.65. The molecule has 1 unspecified atom stereocenters. The van der Waals surface area contributed by atoms with Crippen LogP contribution in [0.1, 0.15) is 24.5 Å². The van der Waals surface area contributed by atoms with E-state index < -0.39 is 9.84 Å². The van der Waals surface area contributed by atoms with Gasteiger partial charge in [0.15, 0.2) is 15.8 Å². The Bertz CT molecular complexity index is 903. The van der Waals surface area contributed by atoms with Crippen LogP contribution in [0.25, 0.3) is 0 Å². The van der Waals surface area contributed by atoms with Crippen molar-refractivity contribution in [2.45, 2.75) is 37.2 Å². The van der Waals surface area contributed by atoms with Gasteiger partial charge in [-0.05, 0) is 50.1 Å². The second kappa shape index (κ2) is 13.7. The number of hydrogen-bond donors (Lipinski definition) is 2. The second-order valence-electron chi connectivity index (χ2n) is 7.63. The number of benzene rings is 2. The molecule has 1 atom stereocenters. The van der Waals surface area contributed by atoms with E-state index in [4.69, 9.17) is 0 Å². The van der Waals surface area contributed by atoms with E-state index in [9.17, 15) is 8.42 Å². The molecule has 0 amide bonds. The van der Waals surface area contributed by atoms with Crippen LogP contribution in [0.5, 0.6) is 0 Å². The fourth-order valence-electron chi connectivity index (χ4n) is 3.10. The molecule has 2 rings (SSSR count). The first-order valence-electron chi connectivity index (χ1n) is 10.3. The Kier molecular flexibility index (Phi) is 12.1. The van der Waals surface area contributed by atoms with Crippen molar-refractivity contribution in [3.63, 3.8) is 0 Å². The highest BCUT2D eigenvalue weighted by atomic mass is 127. The normalized spacial score (nSPS) is 12.9. The van der Waals surface area contributed by atoms with E-state index in [-0.39, 0.29) is 24.0 Å². The summed E-state index contributed by atoms with van der Waals surface area (Å²) in [6, 6.07) is 18.0. The molecule has 0 aliphatic rings. The third kappa shape index (κ3) is 10.0. The number of guanidine groups is 1. The molecule has 0 aliphatic heterocycles. The van der Waals surface area contributed by atoms with Gasteiger partial charge < -0.3 is 10.6 Å². The van der Waals surface area contributed by atoms with Gasteiger partial charge in [0, 0.05) is 39.0 Å². The first-order valence-corrected chi connectivity index (χ1v) is 12.2. The van der Waals surface area contributed by atoms with Crippen molar-refractivity contribution in [2.24, 2.45) is 4.99 Å². The summed E-state index contributed by atoms with van der Waals surface area (Å²) in [5, 5.41) is 6.68. The zero-order chi connectivity index (χ0) is 22.0. The van der Waals surface area contributed by atoms with Crippen LogP contribution < -0.4 is 10.6 Å². The van der Waals surface area contributed by atoms with Crippen LogP contribution in [0.4, 0.5) is 0 Å². The van der Waals surface area contributed by atoms with Gasteiger partial charge in [-0.1, -0.05) is 42.5 Å². The van der Waals surface area contributed by atoms with Gasteiger partial charge in [-0.25, -0.2) is 8.42 Å². The van der Waals surface area contributed by atoms with Crippen molar-refractivity contribution in [3.8, 4) is 0 Å². The zero-order valence-corrected chi connectivity index (χ0v) is 22.0. The van der Waals surface area contributed by atoms with Crippen molar-refractivity contribution in [1.82, 2.24) is 15.5 Å². The lowest BCUT2D eigenvalue weighted by Gasteiger charge is -2.25. The summed E-state index contributed by atoms with van der Waals surface area (Å²) in [4.78, 5) is 6.98. The summed E-state index contributed by atoms with van der Waals surface area (Å²) in [6.07, 6.45) is 3.03. The minimum atomic E-state index is -3.15. The molecule has 0 radical (unpaired) electrons. The summed E-state index contributed by atoms with van der Waals surface area (Å²) in [7, 11) is 0.771. The predicted molar refractivity (Wildman–Crippen MR) is 140 cm³/mol. The van der Waals surface area contributed by atoms with Crippen molar-refractivity contribution in [3.05, 3.63) is 65.7 Å². The quantitative estimate of drug-likeness (QED) is 0.266. The number of halogens is 1. The molecule has 2 N–H and O–H groups in total. The van der Waals surface area contributed by atoms with Gasteiger partial charge in [-0.15, -0.1) is 24.0 Å². The number of hydrogen-bond acceptors (Lipinski definition) is 4. The molecule has 172 valence electrons. The first-order chi connectivity index (χ1) is 14.3. The molecule has 0 heterocycles. The lowest BCUT2D eigenvalue weighted by Crippen LogP contribution is -2.40. The molecule has 0 spiro atoms. The molecule has 2 aromatic rings. The van der Waals surface area contributed by atoms with E-state index in [1.807, 2.05) is 18.2 Å². The number of nitrogens with zero attached hydrogens (tertiary/aromatic N) is 2. The van der Waals surface area contributed by atoms with E-state index in [0.717, 1.165) is 44.0 Å². The average Bonchev–Trinajstić information content (AvgIpc) is 2.73. The highest BCUT2D eigenvalue weighted by Gasteiger charge is 2.10. The lowest BCUT2D eigenvalue weighted by molar-refractivity contribution is 0.238. The largest absolute Gasteiger partial charge is 0.356 e. The maximum atomic E-state index is 11.5. The van der Waals surface area contributed by atoms with Crippen LogP contribution in [0, 0.1) is 0 Å². The Balaban J connectivity index is 0.00000480. The van der Waals surface area contributed by atoms with Gasteiger partial charge in [0.05, 0.1) is 4.90 Å². The molecule has 0 fully saturated rings. The highest BCUT2D eigenvalue weighted by molar-refractivity contribution is 14.0. The van der Waals surface area contributed by atoms with Gasteiger partial charge >= 0.3 is 0 Å². The van der Waals surface area contributed by atoms with Crippen molar-refractivity contribution < 1.29 is 8.42 Å². The van der Waals surface area contributed by atoms with Gasteiger partial charge in [-0.2, -0.15) is 0 Å². The van der Waals surface area contributed by atoms with Crippen LogP contribution in [0.15, 0.2) is 64.5 Å². The molecule has 31 heavy (non-hydrogen) atoms. The van der Waals surface area contributed by atoms with Crippen molar-refractivity contribution >= 4 is 39.8 Å². The molecule has 0 aliphatic carbocycles.